The van der Waals surface area contributed by atoms with E-state index < -0.39 is 0 Å². The molecule has 32 heavy (non-hydrogen) atoms. The van der Waals surface area contributed by atoms with Crippen molar-refractivity contribution in [2.75, 3.05) is 38.3 Å². The van der Waals surface area contributed by atoms with Crippen molar-refractivity contribution in [1.29, 1.82) is 0 Å². The minimum Gasteiger partial charge on any atom is -0.467 e. The molecule has 2 bridgehead atoms. The fourth-order valence-corrected chi connectivity index (χ4v) is 5.45. The second-order valence-corrected chi connectivity index (χ2v) is 8.99. The molecule has 0 saturated carbocycles. The summed E-state index contributed by atoms with van der Waals surface area (Å²) in [6, 6.07) is 6.90. The minimum atomic E-state index is 0. The summed E-state index contributed by atoms with van der Waals surface area (Å²) in [5, 5.41) is 9.87. The lowest BCUT2D eigenvalue weighted by molar-refractivity contribution is 0.0988. The van der Waals surface area contributed by atoms with Gasteiger partial charge in [-0.2, -0.15) is 15.1 Å². The number of piperidine rings is 1. The van der Waals surface area contributed by atoms with E-state index in [1.807, 2.05) is 23.0 Å². The van der Waals surface area contributed by atoms with Crippen molar-refractivity contribution in [1.82, 2.24) is 25.1 Å². The van der Waals surface area contributed by atoms with Gasteiger partial charge < -0.3 is 19.7 Å². The Morgan fingerprint density at radius 1 is 1.16 bits per heavy atom. The van der Waals surface area contributed by atoms with Crippen LogP contribution in [0, 0.1) is 0 Å². The molecular weight excluding hydrogens is 428 g/mol. The highest BCUT2D eigenvalue weighted by atomic mass is 35.5. The normalized spacial score (nSPS) is 23.0. The maximum atomic E-state index is 6.67. The Balaban J connectivity index is 0.00000216. The molecule has 2 aromatic heterocycles. The summed E-state index contributed by atoms with van der Waals surface area (Å²) in [4.78, 5) is 11.5. The van der Waals surface area contributed by atoms with E-state index in [4.69, 9.17) is 21.1 Å². The average molecular weight is 457 g/mol. The van der Waals surface area contributed by atoms with Gasteiger partial charge in [0, 0.05) is 23.0 Å². The number of hydrogen-bond donors (Lipinski definition) is 1. The fourth-order valence-electron chi connectivity index (χ4n) is 5.12. The number of methoxy groups -OCH3 is 1. The van der Waals surface area contributed by atoms with Crippen LogP contribution in [0.15, 0.2) is 24.4 Å². The van der Waals surface area contributed by atoms with Crippen molar-refractivity contribution in [3.05, 3.63) is 35.0 Å². The van der Waals surface area contributed by atoms with Gasteiger partial charge in [-0.1, -0.05) is 19.0 Å². The summed E-state index contributed by atoms with van der Waals surface area (Å²) in [7, 11) is 1.60. The molecule has 8 nitrogen and oxygen atoms in total. The third-order valence-electron chi connectivity index (χ3n) is 6.74. The van der Waals surface area contributed by atoms with Crippen LogP contribution in [0.25, 0.3) is 16.7 Å². The molecule has 0 radical (unpaired) electrons. The molecule has 1 aromatic carbocycles. The Kier molecular flexibility index (Phi) is 5.69. The summed E-state index contributed by atoms with van der Waals surface area (Å²) in [6.45, 7) is 3.63. The van der Waals surface area contributed by atoms with Gasteiger partial charge in [0.05, 0.1) is 37.6 Å². The average Bonchev–Trinajstić information content (AvgIpc) is 3.54. The van der Waals surface area contributed by atoms with E-state index in [1.54, 1.807) is 7.11 Å². The maximum Gasteiger partial charge on any atom is 0.320 e. The van der Waals surface area contributed by atoms with Crippen LogP contribution in [0.5, 0.6) is 6.01 Å². The third-order valence-corrected chi connectivity index (χ3v) is 7.07. The molecular formula is C23H29ClN6O2. The fraction of sp³-hybridized carbons (Fsp3) is 0.522. The number of ether oxygens (including phenoxy) is 2. The minimum absolute atomic E-state index is 0. The predicted molar refractivity (Wildman–Crippen MR) is 125 cm³/mol. The number of halogens is 1. The number of morpholine rings is 1. The molecule has 0 amide bonds. The topological polar surface area (TPSA) is 77.3 Å². The number of rotatable bonds is 4. The molecule has 9 heteroatoms. The van der Waals surface area contributed by atoms with E-state index in [9.17, 15) is 0 Å². The zero-order valence-corrected chi connectivity index (χ0v) is 18.2. The van der Waals surface area contributed by atoms with Crippen LogP contribution in [0.2, 0.25) is 5.02 Å². The number of fused-ring (bicyclic) bond motifs is 3. The standard InChI is InChI=1S/C22H25ClN6O2.CH4/c1-30-22-26-20(28-11-16-7-15(28)12-31-16)9-21(27-22)29-19-8-17(13-2-4-24-5-3-13)18(23)6-14(19)10-25-29;/h6,8-10,13,15-16,24H,2-5,7,11-12H2,1H3;1H4. The summed E-state index contributed by atoms with van der Waals surface area (Å²) in [5.41, 5.74) is 2.18. The van der Waals surface area contributed by atoms with Crippen LogP contribution in [-0.4, -0.2) is 65.2 Å². The van der Waals surface area contributed by atoms with Crippen molar-refractivity contribution in [2.24, 2.45) is 0 Å². The van der Waals surface area contributed by atoms with Gasteiger partial charge in [0.2, 0.25) is 0 Å². The molecule has 170 valence electrons. The molecule has 0 spiro atoms. The summed E-state index contributed by atoms with van der Waals surface area (Å²) in [6.07, 6.45) is 5.35. The molecule has 2 atom stereocenters. The second-order valence-electron chi connectivity index (χ2n) is 8.58. The van der Waals surface area contributed by atoms with Crippen molar-refractivity contribution < 1.29 is 9.47 Å². The summed E-state index contributed by atoms with van der Waals surface area (Å²) >= 11 is 6.67. The lowest BCUT2D eigenvalue weighted by Crippen LogP contribution is -2.37. The third kappa shape index (κ3) is 3.60. The first-order valence-electron chi connectivity index (χ1n) is 10.9. The molecule has 5 heterocycles. The van der Waals surface area contributed by atoms with Gasteiger partial charge in [0.1, 0.15) is 5.82 Å². The maximum absolute atomic E-state index is 6.67. The van der Waals surface area contributed by atoms with E-state index in [-0.39, 0.29) is 13.5 Å². The zero-order valence-electron chi connectivity index (χ0n) is 17.4. The van der Waals surface area contributed by atoms with E-state index in [2.05, 4.69) is 31.3 Å². The van der Waals surface area contributed by atoms with Gasteiger partial charge in [-0.15, -0.1) is 0 Å². The first kappa shape index (κ1) is 21.4. The first-order chi connectivity index (χ1) is 15.2. The van der Waals surface area contributed by atoms with Gasteiger partial charge in [-0.3, -0.25) is 0 Å². The largest absolute Gasteiger partial charge is 0.467 e. The summed E-state index contributed by atoms with van der Waals surface area (Å²) in [5.74, 6) is 2.00. The van der Waals surface area contributed by atoms with Crippen LogP contribution in [0.3, 0.4) is 0 Å². The molecule has 2 unspecified atom stereocenters. The number of nitrogens with zero attached hydrogens (tertiary/aromatic N) is 5. The van der Waals surface area contributed by atoms with Crippen LogP contribution in [-0.2, 0) is 4.74 Å². The monoisotopic (exact) mass is 456 g/mol. The number of aromatic nitrogens is 4. The molecule has 3 aliphatic rings. The van der Waals surface area contributed by atoms with Crippen LogP contribution in [0.4, 0.5) is 5.82 Å². The first-order valence-corrected chi connectivity index (χ1v) is 11.3. The van der Waals surface area contributed by atoms with Crippen LogP contribution in [0.1, 0.15) is 38.2 Å². The highest BCUT2D eigenvalue weighted by molar-refractivity contribution is 6.32. The van der Waals surface area contributed by atoms with E-state index in [0.29, 0.717) is 23.8 Å². The van der Waals surface area contributed by atoms with E-state index >= 15 is 0 Å². The lowest BCUT2D eigenvalue weighted by atomic mass is 9.90. The van der Waals surface area contributed by atoms with Gasteiger partial charge in [0.15, 0.2) is 5.82 Å². The molecule has 1 N–H and O–H groups in total. The predicted octanol–water partition coefficient (Wildman–Crippen LogP) is 3.56. The van der Waals surface area contributed by atoms with Crippen molar-refractivity contribution >= 4 is 28.3 Å². The summed E-state index contributed by atoms with van der Waals surface area (Å²) < 4.78 is 13.1. The van der Waals surface area contributed by atoms with Gasteiger partial charge in [-0.05, 0) is 56.0 Å². The molecule has 0 aliphatic carbocycles. The molecule has 3 saturated heterocycles. The number of hydrogen-bond acceptors (Lipinski definition) is 7. The highest BCUT2D eigenvalue weighted by Crippen LogP contribution is 2.36. The highest BCUT2D eigenvalue weighted by Gasteiger charge is 2.40. The van der Waals surface area contributed by atoms with E-state index in [0.717, 1.165) is 67.2 Å². The number of nitrogens with one attached hydrogen (secondary N) is 1. The molecule has 3 aromatic rings. The Hall–Kier alpha value is -2.42. The van der Waals surface area contributed by atoms with E-state index in [1.165, 1.54) is 5.56 Å². The van der Waals surface area contributed by atoms with Crippen LogP contribution < -0.4 is 15.0 Å². The van der Waals surface area contributed by atoms with Gasteiger partial charge >= 0.3 is 6.01 Å². The van der Waals surface area contributed by atoms with Gasteiger partial charge in [-0.25, -0.2) is 4.68 Å². The number of benzene rings is 1. The Morgan fingerprint density at radius 3 is 2.69 bits per heavy atom. The SMILES string of the molecule is C.COc1nc(N2CC3CC2CO3)cc(-n2ncc3cc(Cl)c(C4CCNCC4)cc32)n1. The number of anilines is 1. The quantitative estimate of drug-likeness (QED) is 0.643. The van der Waals surface area contributed by atoms with Crippen molar-refractivity contribution in [3.63, 3.8) is 0 Å². The molecule has 6 rings (SSSR count). The van der Waals surface area contributed by atoms with Crippen molar-refractivity contribution in [3.8, 4) is 11.8 Å². The Bertz CT molecular complexity index is 1130. The molecule has 3 fully saturated rings. The lowest BCUT2D eigenvalue weighted by Gasteiger charge is -2.28. The second kappa shape index (κ2) is 8.50. The Labute approximate surface area is 192 Å². The van der Waals surface area contributed by atoms with Crippen molar-refractivity contribution in [2.45, 2.75) is 44.8 Å². The zero-order chi connectivity index (χ0) is 20.9. The van der Waals surface area contributed by atoms with Crippen LogP contribution >= 0.6 is 11.6 Å². The van der Waals surface area contributed by atoms with Gasteiger partial charge in [0.25, 0.3) is 0 Å². The molecule has 3 aliphatic heterocycles. The smallest absolute Gasteiger partial charge is 0.320 e. The Morgan fingerprint density at radius 2 is 1.97 bits per heavy atom.